The van der Waals surface area contributed by atoms with Gasteiger partial charge in [0.1, 0.15) is 5.00 Å². The van der Waals surface area contributed by atoms with E-state index in [2.05, 4.69) is 22.1 Å². The van der Waals surface area contributed by atoms with E-state index in [0.29, 0.717) is 33.1 Å². The van der Waals surface area contributed by atoms with Crippen LogP contribution in [0, 0.1) is 0 Å². The van der Waals surface area contributed by atoms with Crippen molar-refractivity contribution < 1.29 is 14.3 Å². The molecule has 0 saturated heterocycles. The molecule has 0 aliphatic heterocycles. The standard InChI is InChI=1S/C22H23ClN4O3S2/c1-4-11-27-19(15-9-7-8-10-17(15)23)25-26-22(27)31-13-18(28)24-20-16(21(29)30-6-3)12-14(5-2)32-20/h4,7-10,12H,1,5-6,11,13H2,2-3H3,(H,24,28). The van der Waals surface area contributed by atoms with Gasteiger partial charge in [-0.25, -0.2) is 4.79 Å². The molecule has 1 N–H and O–H groups in total. The van der Waals surface area contributed by atoms with Crippen LogP contribution in [0.5, 0.6) is 0 Å². The second-order valence-corrected chi connectivity index (χ2v) is 9.04. The molecule has 2 heterocycles. The molecule has 0 unspecified atom stereocenters. The fourth-order valence-electron chi connectivity index (χ4n) is 2.89. The van der Waals surface area contributed by atoms with Crippen molar-refractivity contribution in [2.75, 3.05) is 17.7 Å². The Bertz CT molecular complexity index is 1130. The number of hydrogen-bond donors (Lipinski definition) is 1. The molecule has 0 aliphatic rings. The van der Waals surface area contributed by atoms with Gasteiger partial charge in [-0.05, 0) is 31.5 Å². The Morgan fingerprint density at radius 1 is 1.31 bits per heavy atom. The molecule has 0 saturated carbocycles. The van der Waals surface area contributed by atoms with Crippen LogP contribution >= 0.6 is 34.7 Å². The van der Waals surface area contributed by atoms with Crippen LogP contribution in [0.2, 0.25) is 5.02 Å². The third-order valence-electron chi connectivity index (χ3n) is 4.36. The second kappa shape index (κ2) is 11.3. The molecule has 1 amide bonds. The number of carbonyl (C=O) groups excluding carboxylic acids is 2. The molecule has 7 nitrogen and oxygen atoms in total. The van der Waals surface area contributed by atoms with E-state index in [0.717, 1.165) is 16.9 Å². The van der Waals surface area contributed by atoms with Gasteiger partial charge in [-0.1, -0.05) is 48.5 Å². The Labute approximate surface area is 199 Å². The van der Waals surface area contributed by atoms with Crippen molar-refractivity contribution >= 4 is 51.6 Å². The van der Waals surface area contributed by atoms with E-state index in [4.69, 9.17) is 16.3 Å². The average Bonchev–Trinajstić information content (AvgIpc) is 3.37. The first-order valence-corrected chi connectivity index (χ1v) is 12.2. The van der Waals surface area contributed by atoms with Crippen LogP contribution < -0.4 is 5.32 Å². The first kappa shape index (κ1) is 24.0. The zero-order chi connectivity index (χ0) is 23.1. The summed E-state index contributed by atoms with van der Waals surface area (Å²) in [7, 11) is 0. The third kappa shape index (κ3) is 5.59. The lowest BCUT2D eigenvalue weighted by molar-refractivity contribution is -0.113. The van der Waals surface area contributed by atoms with Crippen LogP contribution in [0.3, 0.4) is 0 Å². The zero-order valence-electron chi connectivity index (χ0n) is 17.8. The Hall–Kier alpha value is -2.62. The zero-order valence-corrected chi connectivity index (χ0v) is 20.1. The highest BCUT2D eigenvalue weighted by Crippen LogP contribution is 2.31. The summed E-state index contributed by atoms with van der Waals surface area (Å²) in [5.41, 5.74) is 1.13. The molecule has 0 aliphatic carbocycles. The van der Waals surface area contributed by atoms with E-state index in [1.807, 2.05) is 29.7 Å². The molecule has 32 heavy (non-hydrogen) atoms. The van der Waals surface area contributed by atoms with Crippen molar-refractivity contribution in [3.63, 3.8) is 0 Å². The van der Waals surface area contributed by atoms with Crippen molar-refractivity contribution in [1.29, 1.82) is 0 Å². The largest absolute Gasteiger partial charge is 0.462 e. The smallest absolute Gasteiger partial charge is 0.341 e. The fraction of sp³-hybridized carbons (Fsp3) is 0.273. The summed E-state index contributed by atoms with van der Waals surface area (Å²) in [6, 6.07) is 9.14. The number of thioether (sulfide) groups is 1. The van der Waals surface area contributed by atoms with E-state index in [9.17, 15) is 9.59 Å². The van der Waals surface area contributed by atoms with Crippen molar-refractivity contribution in [3.8, 4) is 11.4 Å². The number of allylic oxidation sites excluding steroid dienone is 1. The van der Waals surface area contributed by atoms with Crippen LogP contribution in [-0.4, -0.2) is 39.0 Å². The van der Waals surface area contributed by atoms with Crippen LogP contribution in [0.4, 0.5) is 5.00 Å². The van der Waals surface area contributed by atoms with E-state index in [1.54, 1.807) is 25.1 Å². The van der Waals surface area contributed by atoms with Gasteiger partial charge in [-0.15, -0.1) is 28.1 Å². The predicted octanol–water partition coefficient (Wildman–Crippen LogP) is 5.32. The number of aromatic nitrogens is 3. The Kier molecular flexibility index (Phi) is 8.49. The number of amides is 1. The number of anilines is 1. The fourth-order valence-corrected chi connectivity index (χ4v) is 4.86. The highest BCUT2D eigenvalue weighted by atomic mass is 35.5. The van der Waals surface area contributed by atoms with Gasteiger partial charge >= 0.3 is 5.97 Å². The minimum atomic E-state index is -0.443. The Morgan fingerprint density at radius 2 is 2.09 bits per heavy atom. The van der Waals surface area contributed by atoms with Crippen molar-refractivity contribution in [3.05, 3.63) is 58.5 Å². The molecule has 2 aromatic heterocycles. The maximum Gasteiger partial charge on any atom is 0.341 e. The lowest BCUT2D eigenvalue weighted by Gasteiger charge is -2.09. The lowest BCUT2D eigenvalue weighted by atomic mass is 10.2. The number of nitrogens with zero attached hydrogens (tertiary/aromatic N) is 3. The molecule has 168 valence electrons. The summed E-state index contributed by atoms with van der Waals surface area (Å²) >= 11 is 8.94. The molecular weight excluding hydrogens is 468 g/mol. The molecule has 0 fully saturated rings. The summed E-state index contributed by atoms with van der Waals surface area (Å²) in [6.07, 6.45) is 2.49. The lowest BCUT2D eigenvalue weighted by Crippen LogP contribution is -2.16. The van der Waals surface area contributed by atoms with Crippen molar-refractivity contribution in [1.82, 2.24) is 14.8 Å². The average molecular weight is 491 g/mol. The number of thiophene rings is 1. The molecule has 0 spiro atoms. The van der Waals surface area contributed by atoms with Crippen molar-refractivity contribution in [2.45, 2.75) is 32.0 Å². The first-order chi connectivity index (χ1) is 15.5. The number of aryl methyl sites for hydroxylation is 1. The first-order valence-electron chi connectivity index (χ1n) is 9.99. The van der Waals surface area contributed by atoms with Crippen LogP contribution in [0.15, 0.2) is 48.1 Å². The van der Waals surface area contributed by atoms with Gasteiger partial charge in [-0.3, -0.25) is 9.36 Å². The number of nitrogens with one attached hydrogen (secondary N) is 1. The molecule has 10 heteroatoms. The normalized spacial score (nSPS) is 10.7. The van der Waals surface area contributed by atoms with Gasteiger partial charge < -0.3 is 10.1 Å². The SMILES string of the molecule is C=CCn1c(SCC(=O)Nc2sc(CC)cc2C(=O)OCC)nnc1-c1ccccc1Cl. The molecule has 0 radical (unpaired) electrons. The van der Waals surface area contributed by atoms with E-state index >= 15 is 0 Å². The van der Waals surface area contributed by atoms with Crippen molar-refractivity contribution in [2.24, 2.45) is 0 Å². The Morgan fingerprint density at radius 3 is 2.78 bits per heavy atom. The summed E-state index contributed by atoms with van der Waals surface area (Å²) in [6.45, 7) is 8.27. The minimum absolute atomic E-state index is 0.0966. The van der Waals surface area contributed by atoms with Crippen LogP contribution in [-0.2, 0) is 22.5 Å². The number of halogens is 1. The number of carbonyl (C=O) groups is 2. The summed E-state index contributed by atoms with van der Waals surface area (Å²) in [5, 5.41) is 13.0. The van der Waals surface area contributed by atoms with Gasteiger partial charge in [0.2, 0.25) is 5.91 Å². The molecule has 3 rings (SSSR count). The summed E-state index contributed by atoms with van der Waals surface area (Å²) in [4.78, 5) is 25.9. The van der Waals surface area contributed by atoms with E-state index < -0.39 is 5.97 Å². The summed E-state index contributed by atoms with van der Waals surface area (Å²) < 4.78 is 6.96. The van der Waals surface area contributed by atoms with Crippen LogP contribution in [0.25, 0.3) is 11.4 Å². The highest BCUT2D eigenvalue weighted by molar-refractivity contribution is 7.99. The van der Waals surface area contributed by atoms with Gasteiger partial charge in [0, 0.05) is 17.0 Å². The van der Waals surface area contributed by atoms with E-state index in [1.165, 1.54) is 23.1 Å². The minimum Gasteiger partial charge on any atom is -0.462 e. The van der Waals surface area contributed by atoms with E-state index in [-0.39, 0.29) is 18.3 Å². The number of ether oxygens (including phenoxy) is 1. The molecule has 1 aromatic carbocycles. The molecule has 0 atom stereocenters. The summed E-state index contributed by atoms with van der Waals surface area (Å²) in [5.74, 6) is 0.00670. The molecular formula is C22H23ClN4O3S2. The van der Waals surface area contributed by atoms with Gasteiger partial charge in [0.15, 0.2) is 11.0 Å². The Balaban J connectivity index is 1.75. The van der Waals surface area contributed by atoms with Gasteiger partial charge in [0.25, 0.3) is 0 Å². The quantitative estimate of drug-likeness (QED) is 0.235. The topological polar surface area (TPSA) is 86.1 Å². The number of rotatable bonds is 10. The number of hydrogen-bond acceptors (Lipinski definition) is 7. The monoisotopic (exact) mass is 490 g/mol. The number of esters is 1. The highest BCUT2D eigenvalue weighted by Gasteiger charge is 2.20. The molecule has 3 aromatic rings. The maximum absolute atomic E-state index is 12.6. The number of benzene rings is 1. The predicted molar refractivity (Wildman–Crippen MR) is 130 cm³/mol. The second-order valence-electron chi connectivity index (χ2n) is 6.55. The maximum atomic E-state index is 12.6. The van der Waals surface area contributed by atoms with Gasteiger partial charge in [0.05, 0.1) is 22.9 Å². The molecule has 0 bridgehead atoms. The van der Waals surface area contributed by atoms with Crippen LogP contribution in [0.1, 0.15) is 29.1 Å². The third-order valence-corrected chi connectivity index (χ3v) is 6.85. The van der Waals surface area contributed by atoms with Gasteiger partial charge in [-0.2, -0.15) is 0 Å².